The monoisotopic (exact) mass is 530 g/mol. The van der Waals surface area contributed by atoms with Crippen LogP contribution in [-0.4, -0.2) is 35.2 Å². The van der Waals surface area contributed by atoms with Gasteiger partial charge in [-0.2, -0.15) is 10.1 Å². The zero-order valence-electron chi connectivity index (χ0n) is 21.5. The van der Waals surface area contributed by atoms with Gasteiger partial charge in [-0.15, -0.1) is 0 Å². The van der Waals surface area contributed by atoms with Crippen LogP contribution in [0.15, 0.2) is 82.7 Å². The first-order valence-electron chi connectivity index (χ1n) is 12.3. The van der Waals surface area contributed by atoms with E-state index in [9.17, 15) is 9.59 Å². The molecule has 6 aromatic rings. The van der Waals surface area contributed by atoms with Crippen LogP contribution in [0.1, 0.15) is 40.3 Å². The van der Waals surface area contributed by atoms with E-state index in [1.165, 1.54) is 10.8 Å². The highest BCUT2D eigenvalue weighted by molar-refractivity contribution is 6.09. The van der Waals surface area contributed by atoms with E-state index in [1.807, 2.05) is 18.2 Å². The number of nitrogens with zero attached hydrogens (tertiary/aromatic N) is 6. The zero-order valence-corrected chi connectivity index (χ0v) is 21.5. The first-order chi connectivity index (χ1) is 19.4. The number of anilines is 1. The normalized spacial score (nSPS) is 11.8. The summed E-state index contributed by atoms with van der Waals surface area (Å²) < 4.78 is 8.76. The van der Waals surface area contributed by atoms with Crippen molar-refractivity contribution in [2.24, 2.45) is 7.05 Å². The van der Waals surface area contributed by atoms with Gasteiger partial charge in [0.15, 0.2) is 0 Å². The second-order valence-corrected chi connectivity index (χ2v) is 9.08. The van der Waals surface area contributed by atoms with Crippen molar-refractivity contribution in [3.8, 4) is 17.5 Å². The molecule has 1 amide bonds. The van der Waals surface area contributed by atoms with Gasteiger partial charge in [-0.25, -0.2) is 4.98 Å². The Morgan fingerprint density at radius 1 is 1.10 bits per heavy atom. The molecule has 1 aromatic carbocycles. The molecule has 11 nitrogen and oxygen atoms in total. The molecule has 0 aliphatic carbocycles. The van der Waals surface area contributed by atoms with Crippen LogP contribution in [0.3, 0.4) is 0 Å². The van der Waals surface area contributed by atoms with Crippen LogP contribution in [0.5, 0.6) is 0 Å². The summed E-state index contributed by atoms with van der Waals surface area (Å²) in [6, 6.07) is 11.8. The first kappa shape index (κ1) is 24.6. The highest BCUT2D eigenvalue weighted by Gasteiger charge is 2.25. The van der Waals surface area contributed by atoms with Crippen molar-refractivity contribution in [3.05, 3.63) is 106 Å². The summed E-state index contributed by atoms with van der Waals surface area (Å²) in [4.78, 5) is 40.5. The van der Waals surface area contributed by atoms with Gasteiger partial charge in [-0.1, -0.05) is 30.0 Å². The van der Waals surface area contributed by atoms with Gasteiger partial charge in [-0.05, 0) is 31.2 Å². The average Bonchev–Trinajstić information content (AvgIpc) is 3.57. The van der Waals surface area contributed by atoms with E-state index < -0.39 is 11.9 Å². The van der Waals surface area contributed by atoms with Crippen molar-refractivity contribution < 1.29 is 9.21 Å². The number of pyridine rings is 2. The fourth-order valence-electron chi connectivity index (χ4n) is 4.45. The largest absolute Gasteiger partial charge is 0.445 e. The number of aryl methyl sites for hydroxylation is 1. The average molecular weight is 531 g/mol. The Morgan fingerprint density at radius 3 is 2.70 bits per heavy atom. The molecule has 5 aromatic heterocycles. The Balaban J connectivity index is 1.45. The van der Waals surface area contributed by atoms with Gasteiger partial charge in [-0.3, -0.25) is 23.8 Å². The number of amides is 1. The van der Waals surface area contributed by atoms with Crippen molar-refractivity contribution in [1.82, 2.24) is 34.6 Å². The molecule has 0 bridgehead atoms. The number of furan rings is 1. The second-order valence-electron chi connectivity index (χ2n) is 9.08. The van der Waals surface area contributed by atoms with E-state index in [4.69, 9.17) is 10.2 Å². The number of aromatic nitrogens is 6. The second kappa shape index (κ2) is 9.85. The fraction of sp³-hybridized carbons (Fsp3) is 0.103. The Hall–Kier alpha value is -5.76. The number of benzene rings is 1. The van der Waals surface area contributed by atoms with Gasteiger partial charge in [0, 0.05) is 31.0 Å². The molecule has 0 unspecified atom stereocenters. The fourth-order valence-corrected chi connectivity index (χ4v) is 4.45. The lowest BCUT2D eigenvalue weighted by Gasteiger charge is -2.19. The molecule has 0 saturated carbocycles. The number of nitrogen functional groups attached to an aromatic ring is 1. The van der Waals surface area contributed by atoms with E-state index in [-0.39, 0.29) is 33.9 Å². The Kier molecular flexibility index (Phi) is 6.05. The maximum Gasteiger partial charge on any atom is 0.270 e. The number of rotatable bonds is 4. The van der Waals surface area contributed by atoms with Gasteiger partial charge < -0.3 is 15.5 Å². The van der Waals surface area contributed by atoms with Crippen molar-refractivity contribution in [2.75, 3.05) is 5.73 Å². The molecule has 5 heterocycles. The molecule has 3 N–H and O–H groups in total. The number of hydrogen-bond donors (Lipinski definition) is 2. The first-order valence-corrected chi connectivity index (χ1v) is 12.3. The van der Waals surface area contributed by atoms with Crippen molar-refractivity contribution in [3.63, 3.8) is 0 Å². The Bertz CT molecular complexity index is 2030. The van der Waals surface area contributed by atoms with Gasteiger partial charge in [0.2, 0.25) is 5.71 Å². The summed E-state index contributed by atoms with van der Waals surface area (Å²) in [5.74, 6) is 5.80. The quantitative estimate of drug-likeness (QED) is 0.331. The Labute approximate surface area is 227 Å². The standard InChI is InChI=1S/C29H22N8O3/c1-17(34-27(38)23-24-19(7-6-12-31-24)14-32-25(23)30)26-35-28-22(29(39)37(26)21-8-4-3-5-9-21)20(16-40-28)11-10-18-13-33-36(2)15-18/h3-9,12-17H,1-2H3,(H2,30,32)(H,34,38)/t17-/m0/s1. The van der Waals surface area contributed by atoms with Gasteiger partial charge >= 0.3 is 0 Å². The number of para-hydroxylation sites is 1. The molecule has 1 atom stereocenters. The van der Waals surface area contributed by atoms with Crippen LogP contribution < -0.4 is 16.6 Å². The molecular weight excluding hydrogens is 508 g/mol. The molecular formula is C29H22N8O3. The van der Waals surface area contributed by atoms with Gasteiger partial charge in [0.1, 0.15) is 28.9 Å². The number of nitrogens with two attached hydrogens (primary N) is 1. The molecule has 0 aliphatic heterocycles. The van der Waals surface area contributed by atoms with E-state index in [0.29, 0.717) is 27.7 Å². The highest BCUT2D eigenvalue weighted by atomic mass is 16.3. The molecule has 6 rings (SSSR count). The summed E-state index contributed by atoms with van der Waals surface area (Å²) in [6.07, 6.45) is 7.94. The topological polar surface area (TPSA) is 147 Å². The van der Waals surface area contributed by atoms with Crippen LogP contribution in [-0.2, 0) is 7.05 Å². The number of carbonyl (C=O) groups excluding carboxylic acids is 1. The van der Waals surface area contributed by atoms with Crippen LogP contribution in [0.25, 0.3) is 27.7 Å². The Morgan fingerprint density at radius 2 is 1.93 bits per heavy atom. The summed E-state index contributed by atoms with van der Waals surface area (Å²) in [5.41, 5.74) is 8.02. The molecule has 0 aliphatic rings. The van der Waals surface area contributed by atoms with Crippen LogP contribution >= 0.6 is 0 Å². The number of hydrogen-bond acceptors (Lipinski definition) is 8. The van der Waals surface area contributed by atoms with Crippen LogP contribution in [0, 0.1) is 11.8 Å². The number of nitrogens with one attached hydrogen (secondary N) is 1. The smallest absolute Gasteiger partial charge is 0.270 e. The van der Waals surface area contributed by atoms with Crippen LogP contribution in [0.4, 0.5) is 5.82 Å². The van der Waals surface area contributed by atoms with Gasteiger partial charge in [0.05, 0.1) is 34.6 Å². The third kappa shape index (κ3) is 4.33. The van der Waals surface area contributed by atoms with E-state index in [1.54, 1.807) is 67.7 Å². The third-order valence-corrected chi connectivity index (χ3v) is 6.33. The minimum absolute atomic E-state index is 0.0441. The minimum atomic E-state index is -0.738. The van der Waals surface area contributed by atoms with Crippen molar-refractivity contribution in [1.29, 1.82) is 0 Å². The van der Waals surface area contributed by atoms with Crippen molar-refractivity contribution >= 4 is 33.7 Å². The summed E-state index contributed by atoms with van der Waals surface area (Å²) >= 11 is 0. The van der Waals surface area contributed by atoms with E-state index >= 15 is 0 Å². The summed E-state index contributed by atoms with van der Waals surface area (Å²) in [5, 5.41) is 7.92. The molecule has 0 saturated heterocycles. The summed E-state index contributed by atoms with van der Waals surface area (Å²) in [7, 11) is 1.80. The lowest BCUT2D eigenvalue weighted by atomic mass is 10.1. The lowest BCUT2D eigenvalue weighted by molar-refractivity contribution is 0.0940. The SMILES string of the molecule is C[C@H](NC(=O)c1c(N)ncc2cccnc12)c1nc2occ(C#Cc3cnn(C)c3)c2c(=O)n1-c1ccccc1. The molecule has 0 spiro atoms. The maximum absolute atomic E-state index is 14.0. The molecule has 0 radical (unpaired) electrons. The van der Waals surface area contributed by atoms with E-state index in [0.717, 1.165) is 0 Å². The minimum Gasteiger partial charge on any atom is -0.445 e. The predicted molar refractivity (Wildman–Crippen MR) is 149 cm³/mol. The zero-order chi connectivity index (χ0) is 27.8. The van der Waals surface area contributed by atoms with Crippen molar-refractivity contribution in [2.45, 2.75) is 13.0 Å². The maximum atomic E-state index is 14.0. The highest BCUT2D eigenvalue weighted by Crippen LogP contribution is 2.24. The predicted octanol–water partition coefficient (Wildman–Crippen LogP) is 3.13. The third-order valence-electron chi connectivity index (χ3n) is 6.33. The molecule has 0 fully saturated rings. The number of fused-ring (bicyclic) bond motifs is 2. The molecule has 196 valence electrons. The molecule has 11 heteroatoms. The number of carbonyl (C=O) groups is 1. The lowest BCUT2D eigenvalue weighted by Crippen LogP contribution is -2.33. The van der Waals surface area contributed by atoms with Gasteiger partial charge in [0.25, 0.3) is 11.5 Å². The molecule has 40 heavy (non-hydrogen) atoms. The van der Waals surface area contributed by atoms with Crippen LogP contribution in [0.2, 0.25) is 0 Å². The summed E-state index contributed by atoms with van der Waals surface area (Å²) in [6.45, 7) is 1.72. The van der Waals surface area contributed by atoms with E-state index in [2.05, 4.69) is 37.2 Å².